The van der Waals surface area contributed by atoms with Crippen LogP contribution in [0, 0.1) is 0 Å². The summed E-state index contributed by atoms with van der Waals surface area (Å²) in [6.45, 7) is 0.721. The molecule has 6 heterocycles. The summed E-state index contributed by atoms with van der Waals surface area (Å²) in [6, 6.07) is 23.2. The third-order valence-electron chi connectivity index (χ3n) is 10.1. The minimum atomic E-state index is -0.564. The highest BCUT2D eigenvalue weighted by Gasteiger charge is 2.14. The average molecular weight is 952 g/mol. The van der Waals surface area contributed by atoms with Crippen LogP contribution in [0.5, 0.6) is 17.2 Å². The summed E-state index contributed by atoms with van der Waals surface area (Å²) in [4.78, 5) is 66.3. The van der Waals surface area contributed by atoms with Crippen LogP contribution >= 0.6 is 11.6 Å². The second kappa shape index (κ2) is 23.9. The van der Waals surface area contributed by atoms with Crippen molar-refractivity contribution >= 4 is 33.9 Å². The Morgan fingerprint density at radius 1 is 0.618 bits per heavy atom. The predicted molar refractivity (Wildman–Crippen MR) is 252 cm³/mol. The van der Waals surface area contributed by atoms with Gasteiger partial charge in [-0.05, 0) is 72.4 Å². The van der Waals surface area contributed by atoms with E-state index in [1.54, 1.807) is 44.6 Å². The van der Waals surface area contributed by atoms with E-state index in [2.05, 4.69) is 30.0 Å². The zero-order valence-electron chi connectivity index (χ0n) is 37.9. The molecule has 22 heteroatoms. The largest absolute Gasteiger partial charge is 0.497 e. The number of oxazole rings is 1. The number of halogens is 1. The number of H-pyrrole nitrogens is 1. The highest BCUT2D eigenvalue weighted by molar-refractivity contribution is 6.18. The average Bonchev–Trinajstić information content (AvgIpc) is 4.15. The van der Waals surface area contributed by atoms with Gasteiger partial charge < -0.3 is 37.3 Å². The summed E-state index contributed by atoms with van der Waals surface area (Å²) in [5.74, 6) is 2.59. The Kier molecular flexibility index (Phi) is 17.4. The number of aromatic amines is 1. The number of ether oxygens (including phenoxy) is 3. The van der Waals surface area contributed by atoms with Gasteiger partial charge >= 0.3 is 11.5 Å². The van der Waals surface area contributed by atoms with Crippen LogP contribution in [0.25, 0.3) is 22.3 Å². The van der Waals surface area contributed by atoms with Crippen LogP contribution in [0.1, 0.15) is 28.3 Å². The normalized spacial score (nSPS) is 10.7. The van der Waals surface area contributed by atoms with Crippen molar-refractivity contribution in [2.75, 3.05) is 33.8 Å². The van der Waals surface area contributed by atoms with E-state index in [9.17, 15) is 19.2 Å². The first-order valence-corrected chi connectivity index (χ1v) is 21.5. The van der Waals surface area contributed by atoms with Gasteiger partial charge in [-0.2, -0.15) is 4.68 Å². The molecule has 0 radical (unpaired) electrons. The standard InChI is InChI=1S/C18H18N6O4.C10H9N5O3.C9H11ClO.C9H12O2/c1-22-10-19-16-15(22)17(25)23(11-20-16)9-14-21-24(18(26)28-14)8-7-12-3-5-13(27-2)6-4-12;1-14-4-12-8-7(14)9(16)15(5-13-8)3-6-2-11-10(17)18-6;2*1-11-9-4-2-8(3-5-9)6-7-10/h3-6,10-11H,7-9H2,1-2H3;2,4-5H,3H2,1H3,(H,11,17);2-5H,6-7H2,1H3;2-5,10H,6-7H2,1H3. The van der Waals surface area contributed by atoms with Gasteiger partial charge in [-0.15, -0.1) is 16.7 Å². The predicted octanol–water partition coefficient (Wildman–Crippen LogP) is 3.75. The maximum atomic E-state index is 12.6. The quantitative estimate of drug-likeness (QED) is 0.147. The van der Waals surface area contributed by atoms with Gasteiger partial charge in [0.25, 0.3) is 11.1 Å². The second-order valence-corrected chi connectivity index (χ2v) is 15.1. The van der Waals surface area contributed by atoms with Crippen LogP contribution in [-0.4, -0.2) is 91.9 Å². The number of hydrogen-bond acceptors (Lipinski definition) is 15. The van der Waals surface area contributed by atoms with Gasteiger partial charge in [0.15, 0.2) is 22.3 Å². The zero-order valence-corrected chi connectivity index (χ0v) is 38.7. The van der Waals surface area contributed by atoms with Crippen molar-refractivity contribution < 1.29 is 28.2 Å². The number of hydrogen-bond donors (Lipinski definition) is 2. The fraction of sp³-hybridized carbons (Fsp3) is 0.283. The van der Waals surface area contributed by atoms with E-state index in [1.807, 2.05) is 72.8 Å². The first-order valence-electron chi connectivity index (χ1n) is 21.0. The summed E-state index contributed by atoms with van der Waals surface area (Å²) in [5.41, 5.74) is 4.47. The third kappa shape index (κ3) is 13.1. The molecule has 0 atom stereocenters. The molecule has 0 aliphatic heterocycles. The molecule has 0 aliphatic rings. The Bertz CT molecular complexity index is 3190. The maximum Gasteiger partial charge on any atom is 0.437 e. The lowest BCUT2D eigenvalue weighted by molar-refractivity contribution is 0.299. The first-order chi connectivity index (χ1) is 32.9. The lowest BCUT2D eigenvalue weighted by Gasteiger charge is -2.03. The second-order valence-electron chi connectivity index (χ2n) is 14.7. The molecule has 0 fully saturated rings. The molecule has 0 saturated carbocycles. The van der Waals surface area contributed by atoms with E-state index < -0.39 is 11.5 Å². The van der Waals surface area contributed by atoms with Crippen molar-refractivity contribution in [1.82, 2.24) is 53.0 Å². The summed E-state index contributed by atoms with van der Waals surface area (Å²) in [7, 11) is 8.35. The van der Waals surface area contributed by atoms with Gasteiger partial charge in [0, 0.05) is 32.8 Å². The molecule has 21 nitrogen and oxygen atoms in total. The van der Waals surface area contributed by atoms with Crippen LogP contribution in [-0.2, 0) is 53.0 Å². The van der Waals surface area contributed by atoms with E-state index >= 15 is 0 Å². The Hall–Kier alpha value is -8.04. The fourth-order valence-corrected chi connectivity index (χ4v) is 6.70. The number of imidazole rings is 2. The number of aryl methyl sites for hydroxylation is 5. The third-order valence-corrected chi connectivity index (χ3v) is 10.3. The molecular weight excluding hydrogens is 902 g/mol. The molecular formula is C46H50ClN11O10. The fourth-order valence-electron chi connectivity index (χ4n) is 6.48. The molecule has 0 bridgehead atoms. The van der Waals surface area contributed by atoms with Crippen molar-refractivity contribution in [3.05, 3.63) is 174 Å². The van der Waals surface area contributed by atoms with E-state index in [1.165, 1.54) is 50.9 Å². The zero-order chi connectivity index (χ0) is 48.6. The van der Waals surface area contributed by atoms with Crippen LogP contribution in [0.3, 0.4) is 0 Å². The van der Waals surface area contributed by atoms with Crippen LogP contribution < -0.4 is 36.8 Å². The molecule has 0 spiro atoms. The van der Waals surface area contributed by atoms with Gasteiger partial charge in [0.2, 0.25) is 5.89 Å². The molecule has 3 aromatic carbocycles. The summed E-state index contributed by atoms with van der Waals surface area (Å²) in [6.07, 6.45) is 9.46. The lowest BCUT2D eigenvalue weighted by atomic mass is 10.1. The summed E-state index contributed by atoms with van der Waals surface area (Å²) < 4.78 is 32.3. The number of methoxy groups -OCH3 is 3. The molecule has 2 N–H and O–H groups in total. The molecule has 356 valence electrons. The van der Waals surface area contributed by atoms with E-state index in [0.717, 1.165) is 34.8 Å². The van der Waals surface area contributed by atoms with Crippen LogP contribution in [0.2, 0.25) is 0 Å². The van der Waals surface area contributed by atoms with Gasteiger partial charge in [-0.3, -0.25) is 23.7 Å². The Morgan fingerprint density at radius 3 is 1.51 bits per heavy atom. The Balaban J connectivity index is 0.000000163. The lowest BCUT2D eigenvalue weighted by Crippen LogP contribution is -2.22. The van der Waals surface area contributed by atoms with Crippen molar-refractivity contribution in [3.63, 3.8) is 0 Å². The maximum absolute atomic E-state index is 12.6. The Labute approximate surface area is 392 Å². The number of benzene rings is 3. The minimum absolute atomic E-state index is 0.0116. The van der Waals surface area contributed by atoms with Crippen LogP contribution in [0.4, 0.5) is 0 Å². The monoisotopic (exact) mass is 951 g/mol. The highest BCUT2D eigenvalue weighted by Crippen LogP contribution is 2.14. The Morgan fingerprint density at radius 2 is 1.07 bits per heavy atom. The number of rotatable bonds is 14. The first kappa shape index (κ1) is 49.4. The molecule has 0 saturated heterocycles. The molecule has 9 rings (SSSR count). The van der Waals surface area contributed by atoms with Gasteiger partial charge in [0.05, 0.1) is 47.1 Å². The highest BCUT2D eigenvalue weighted by atomic mass is 35.5. The van der Waals surface area contributed by atoms with Gasteiger partial charge in [-0.1, -0.05) is 36.4 Å². The van der Waals surface area contributed by atoms with E-state index in [4.69, 9.17) is 39.8 Å². The minimum Gasteiger partial charge on any atom is -0.497 e. The van der Waals surface area contributed by atoms with E-state index in [-0.39, 0.29) is 36.7 Å². The van der Waals surface area contributed by atoms with Crippen molar-refractivity contribution in [2.24, 2.45) is 14.1 Å². The number of fused-ring (bicyclic) bond motifs is 2. The number of nitrogens with one attached hydrogen (secondary N) is 1. The SMILES string of the molecule is COc1ccc(CCCl)cc1.COc1ccc(CCO)cc1.COc1ccc(CCn2nc(Cn3cnc4ncn(C)c4c3=O)oc2=O)cc1.Cn1cnc2ncn(Cc3c[nH]c(=O)o3)c(=O)c21. The topological polar surface area (TPSA) is 247 Å². The van der Waals surface area contributed by atoms with Crippen molar-refractivity contribution in [3.8, 4) is 17.2 Å². The molecule has 68 heavy (non-hydrogen) atoms. The number of nitrogens with zero attached hydrogens (tertiary/aromatic N) is 10. The van der Waals surface area contributed by atoms with Gasteiger partial charge in [-0.25, -0.2) is 29.5 Å². The number of alkyl halides is 1. The molecule has 0 amide bonds. The van der Waals surface area contributed by atoms with Crippen LogP contribution in [0.15, 0.2) is 132 Å². The van der Waals surface area contributed by atoms with Crippen molar-refractivity contribution in [1.29, 1.82) is 0 Å². The molecule has 6 aromatic heterocycles. The number of aromatic nitrogens is 11. The molecule has 0 aliphatic carbocycles. The summed E-state index contributed by atoms with van der Waals surface area (Å²) in [5, 5.41) is 12.8. The smallest absolute Gasteiger partial charge is 0.437 e. The van der Waals surface area contributed by atoms with Crippen molar-refractivity contribution in [2.45, 2.75) is 38.9 Å². The number of aliphatic hydroxyl groups excluding tert-OH is 1. The molecule has 0 unspecified atom stereocenters. The number of aliphatic hydroxyl groups is 1. The van der Waals surface area contributed by atoms with Gasteiger partial charge in [0.1, 0.15) is 42.2 Å². The molecule has 9 aromatic rings. The summed E-state index contributed by atoms with van der Waals surface area (Å²) >= 11 is 5.58. The van der Waals surface area contributed by atoms with E-state index in [0.29, 0.717) is 53.4 Å².